The number of benzene rings is 3. The van der Waals surface area contributed by atoms with Gasteiger partial charge in [-0.3, -0.25) is 0 Å². The first-order valence-electron chi connectivity index (χ1n) is 15.8. The normalized spacial score (nSPS) is 13.7. The van der Waals surface area contributed by atoms with Crippen molar-refractivity contribution in [3.05, 3.63) is 109 Å². The molecule has 1 saturated heterocycles. The van der Waals surface area contributed by atoms with Crippen LogP contribution in [0.2, 0.25) is 0 Å². The maximum atomic E-state index is 13.6. The number of nitrogens with zero attached hydrogens (tertiary/aromatic N) is 5. The van der Waals surface area contributed by atoms with Crippen molar-refractivity contribution in [2.45, 2.75) is 31.7 Å². The highest BCUT2D eigenvalue weighted by atomic mass is 19.4. The summed E-state index contributed by atoms with van der Waals surface area (Å²) in [6, 6.07) is 20.1. The van der Waals surface area contributed by atoms with Crippen molar-refractivity contribution in [2.75, 3.05) is 23.8 Å². The number of carbonyl (C=O) groups is 1. The summed E-state index contributed by atoms with van der Waals surface area (Å²) in [5, 5.41) is 19.4. The number of aliphatic hydroxyl groups is 1. The van der Waals surface area contributed by atoms with Crippen LogP contribution >= 0.6 is 0 Å². The van der Waals surface area contributed by atoms with Crippen molar-refractivity contribution in [3.63, 3.8) is 0 Å². The molecular formula is C36H30F3N7O5. The van der Waals surface area contributed by atoms with Crippen molar-refractivity contribution >= 4 is 23.1 Å². The predicted molar refractivity (Wildman–Crippen MR) is 181 cm³/mol. The van der Waals surface area contributed by atoms with Crippen molar-refractivity contribution in [2.24, 2.45) is 0 Å². The number of aromatic nitrogens is 5. The lowest BCUT2D eigenvalue weighted by Crippen LogP contribution is -2.38. The molecule has 3 N–H and O–H groups in total. The maximum Gasteiger partial charge on any atom is 0.416 e. The molecule has 1 atom stereocenters. The number of hydrogen-bond donors (Lipinski definition) is 3. The van der Waals surface area contributed by atoms with Gasteiger partial charge >= 0.3 is 18.2 Å². The highest BCUT2D eigenvalue weighted by Crippen LogP contribution is 2.36. The molecule has 260 valence electrons. The van der Waals surface area contributed by atoms with Gasteiger partial charge in [-0.1, -0.05) is 30.3 Å². The molecule has 1 fully saturated rings. The van der Waals surface area contributed by atoms with E-state index in [4.69, 9.17) is 14.2 Å². The fraction of sp³-hybridized carbons (Fsp3) is 0.194. The smallest absolute Gasteiger partial charge is 0.416 e. The van der Waals surface area contributed by atoms with Gasteiger partial charge in [-0.25, -0.2) is 24.3 Å². The fourth-order valence-corrected chi connectivity index (χ4v) is 5.37. The Morgan fingerprint density at radius 2 is 1.75 bits per heavy atom. The van der Waals surface area contributed by atoms with Gasteiger partial charge < -0.3 is 30.0 Å². The van der Waals surface area contributed by atoms with E-state index in [-0.39, 0.29) is 23.5 Å². The number of carbonyl (C=O) groups excluding carboxylic acids is 1. The van der Waals surface area contributed by atoms with Crippen LogP contribution in [-0.2, 0) is 17.3 Å². The largest absolute Gasteiger partial charge is 0.468 e. The molecule has 12 nitrogen and oxygen atoms in total. The third kappa shape index (κ3) is 7.90. The fourth-order valence-electron chi connectivity index (χ4n) is 5.37. The average molecular weight is 698 g/mol. The summed E-state index contributed by atoms with van der Waals surface area (Å²) >= 11 is 0. The molecule has 2 amide bonds. The zero-order valence-electron chi connectivity index (χ0n) is 27.0. The van der Waals surface area contributed by atoms with Crippen LogP contribution in [0.25, 0.3) is 28.0 Å². The standard InChI is InChI=1S/C36H30F3N7O5/c1-21(47)13-22-3-2-4-24(14-22)29-10-7-25(36(37,38)39)15-30(29)44-34(48)43-26-16-41-35(42-17-26)51-27-8-5-23(6-9-27)31-18-40-32-11-12-33(45-46(31)32)50-28-19-49-20-28/h2-12,14-18,21,28,47H,13,19-20H2,1H3,(H2,43,44,48). The van der Waals surface area contributed by atoms with Gasteiger partial charge in [0.2, 0.25) is 5.88 Å². The Balaban J connectivity index is 1.01. The molecule has 4 heterocycles. The lowest BCUT2D eigenvalue weighted by molar-refractivity contribution is -0.137. The number of nitrogens with one attached hydrogen (secondary N) is 2. The summed E-state index contributed by atoms with van der Waals surface area (Å²) in [4.78, 5) is 25.7. The van der Waals surface area contributed by atoms with Crippen LogP contribution in [0.5, 0.6) is 17.6 Å². The SMILES string of the molecule is CC(O)Cc1cccc(-c2ccc(C(F)(F)F)cc2NC(=O)Nc2cnc(Oc3ccc(-c4cnc5ccc(OC6COC6)nn45)cc3)nc2)c1. The van der Waals surface area contributed by atoms with Crippen molar-refractivity contribution in [1.82, 2.24) is 24.6 Å². The molecule has 0 bridgehead atoms. The molecule has 0 saturated carbocycles. The van der Waals surface area contributed by atoms with Crippen LogP contribution in [0, 0.1) is 0 Å². The third-order valence-electron chi connectivity index (χ3n) is 7.84. The molecule has 6 aromatic rings. The minimum Gasteiger partial charge on any atom is -0.468 e. The first kappa shape index (κ1) is 33.4. The molecule has 3 aromatic heterocycles. The van der Waals surface area contributed by atoms with E-state index >= 15 is 0 Å². The first-order valence-corrected chi connectivity index (χ1v) is 15.8. The van der Waals surface area contributed by atoms with Crippen molar-refractivity contribution in [1.29, 1.82) is 0 Å². The molecular weight excluding hydrogens is 667 g/mol. The Labute approximate surface area is 288 Å². The number of imidazole rings is 1. The summed E-state index contributed by atoms with van der Waals surface area (Å²) in [5.41, 5.74) is 3.16. The molecule has 0 spiro atoms. The Morgan fingerprint density at radius 1 is 0.961 bits per heavy atom. The van der Waals surface area contributed by atoms with Gasteiger partial charge in [0.1, 0.15) is 11.9 Å². The van der Waals surface area contributed by atoms with Gasteiger partial charge in [0.15, 0.2) is 5.65 Å². The molecule has 0 radical (unpaired) electrons. The van der Waals surface area contributed by atoms with E-state index in [0.717, 1.165) is 29.0 Å². The number of ether oxygens (including phenoxy) is 3. The lowest BCUT2D eigenvalue weighted by Gasteiger charge is -2.25. The van der Waals surface area contributed by atoms with Crippen LogP contribution < -0.4 is 20.1 Å². The third-order valence-corrected chi connectivity index (χ3v) is 7.84. The minimum absolute atomic E-state index is 0.00388. The number of anilines is 2. The second-order valence-electron chi connectivity index (χ2n) is 11.8. The zero-order valence-corrected chi connectivity index (χ0v) is 27.0. The van der Waals surface area contributed by atoms with Crippen LogP contribution in [0.1, 0.15) is 18.1 Å². The molecule has 1 unspecified atom stereocenters. The highest BCUT2D eigenvalue weighted by molar-refractivity contribution is 6.02. The Morgan fingerprint density at radius 3 is 2.45 bits per heavy atom. The van der Waals surface area contributed by atoms with Crippen molar-refractivity contribution < 1.29 is 37.3 Å². The number of rotatable bonds is 10. The highest BCUT2D eigenvalue weighted by Gasteiger charge is 2.31. The lowest BCUT2D eigenvalue weighted by atomic mass is 9.98. The van der Waals surface area contributed by atoms with Gasteiger partial charge in [0.25, 0.3) is 0 Å². The molecule has 15 heteroatoms. The number of halogens is 3. The van der Waals surface area contributed by atoms with Crippen LogP contribution in [0.3, 0.4) is 0 Å². The zero-order chi connectivity index (χ0) is 35.5. The van der Waals surface area contributed by atoms with Crippen LogP contribution in [0.15, 0.2) is 97.5 Å². The van der Waals surface area contributed by atoms with E-state index in [1.54, 1.807) is 54.0 Å². The second-order valence-corrected chi connectivity index (χ2v) is 11.8. The molecule has 7 rings (SSSR count). The molecule has 0 aliphatic carbocycles. The Bertz CT molecular complexity index is 2170. The summed E-state index contributed by atoms with van der Waals surface area (Å²) in [6.45, 7) is 2.70. The summed E-state index contributed by atoms with van der Waals surface area (Å²) in [5.74, 6) is 0.917. The van der Waals surface area contributed by atoms with Crippen LogP contribution in [-0.4, -0.2) is 61.1 Å². The second kappa shape index (κ2) is 14.0. The Hall–Kier alpha value is -6.06. The van der Waals surface area contributed by atoms with Gasteiger partial charge in [0.05, 0.1) is 60.5 Å². The number of fused-ring (bicyclic) bond motifs is 1. The summed E-state index contributed by atoms with van der Waals surface area (Å²) in [7, 11) is 0. The number of urea groups is 1. The average Bonchev–Trinajstić information content (AvgIpc) is 3.50. The van der Waals surface area contributed by atoms with Crippen LogP contribution in [0.4, 0.5) is 29.3 Å². The Kier molecular flexibility index (Phi) is 9.21. The molecule has 3 aromatic carbocycles. The van der Waals surface area contributed by atoms with E-state index in [0.29, 0.717) is 48.0 Å². The van der Waals surface area contributed by atoms with E-state index in [1.165, 1.54) is 18.5 Å². The maximum absolute atomic E-state index is 13.6. The quantitative estimate of drug-likeness (QED) is 0.138. The van der Waals surface area contributed by atoms with E-state index < -0.39 is 23.9 Å². The number of amides is 2. The number of aliphatic hydroxyl groups excluding tert-OH is 1. The first-order chi connectivity index (χ1) is 24.6. The topological polar surface area (TPSA) is 145 Å². The van der Waals surface area contributed by atoms with E-state index in [2.05, 4.69) is 30.7 Å². The van der Waals surface area contributed by atoms with Gasteiger partial charge in [-0.05, 0) is 66.9 Å². The molecule has 51 heavy (non-hydrogen) atoms. The van der Waals surface area contributed by atoms with Gasteiger partial charge in [0, 0.05) is 17.2 Å². The van der Waals surface area contributed by atoms with E-state index in [9.17, 15) is 23.1 Å². The molecule has 1 aliphatic heterocycles. The molecule has 1 aliphatic rings. The van der Waals surface area contributed by atoms with Gasteiger partial charge in [-0.15, -0.1) is 5.10 Å². The summed E-state index contributed by atoms with van der Waals surface area (Å²) in [6.07, 6.45) is -0.561. The minimum atomic E-state index is -4.63. The number of hydrogen-bond acceptors (Lipinski definition) is 9. The van der Waals surface area contributed by atoms with Crippen molar-refractivity contribution in [3.8, 4) is 40.0 Å². The monoisotopic (exact) mass is 697 g/mol. The van der Waals surface area contributed by atoms with E-state index in [1.807, 2.05) is 24.3 Å². The van der Waals surface area contributed by atoms with Gasteiger partial charge in [-0.2, -0.15) is 13.2 Å². The summed E-state index contributed by atoms with van der Waals surface area (Å²) < 4.78 is 59.2. The number of alkyl halides is 3. The predicted octanol–water partition coefficient (Wildman–Crippen LogP) is 7.01.